The predicted molar refractivity (Wildman–Crippen MR) is 81.7 cm³/mol. The number of benzene rings is 1. The van der Waals surface area contributed by atoms with E-state index in [1.807, 2.05) is 13.8 Å². The number of nitrogens with one attached hydrogen (secondary N) is 1. The van der Waals surface area contributed by atoms with Gasteiger partial charge in [-0.2, -0.15) is 0 Å². The summed E-state index contributed by atoms with van der Waals surface area (Å²) in [6.45, 7) is 6.81. The van der Waals surface area contributed by atoms with E-state index in [0.717, 1.165) is 32.2 Å². The van der Waals surface area contributed by atoms with E-state index in [9.17, 15) is 13.9 Å². The molecule has 1 atom stereocenters. The van der Waals surface area contributed by atoms with Crippen LogP contribution in [-0.4, -0.2) is 42.8 Å². The fraction of sp³-hybridized carbons (Fsp3) is 0.600. The monoisotopic (exact) mass is 320 g/mol. The van der Waals surface area contributed by atoms with Gasteiger partial charge in [0.15, 0.2) is 11.6 Å². The van der Waals surface area contributed by atoms with Gasteiger partial charge in [0, 0.05) is 49.8 Å². The summed E-state index contributed by atoms with van der Waals surface area (Å²) in [7, 11) is 0. The minimum absolute atomic E-state index is 0. The van der Waals surface area contributed by atoms with E-state index in [2.05, 4.69) is 10.2 Å². The van der Waals surface area contributed by atoms with Gasteiger partial charge in [-0.1, -0.05) is 26.0 Å². The van der Waals surface area contributed by atoms with E-state index in [0.29, 0.717) is 5.56 Å². The van der Waals surface area contributed by atoms with Gasteiger partial charge in [-0.3, -0.25) is 4.90 Å². The SMILES string of the molecule is CC(C)(CO)[C@@H](c1cccc(F)c1F)N1CCNCC1.Cl. The Balaban J connectivity index is 0.00000220. The maximum Gasteiger partial charge on any atom is 0.163 e. The summed E-state index contributed by atoms with van der Waals surface area (Å²) in [6, 6.07) is 3.92. The summed E-state index contributed by atoms with van der Waals surface area (Å²) < 4.78 is 27.7. The number of hydrogen-bond donors (Lipinski definition) is 2. The first-order valence-corrected chi connectivity index (χ1v) is 6.97. The third kappa shape index (κ3) is 3.92. The van der Waals surface area contributed by atoms with Crippen molar-refractivity contribution in [3.8, 4) is 0 Å². The zero-order valence-electron chi connectivity index (χ0n) is 12.4. The molecule has 1 aromatic rings. The molecule has 0 radical (unpaired) electrons. The van der Waals surface area contributed by atoms with E-state index in [1.54, 1.807) is 6.07 Å². The standard InChI is InChI=1S/C15H22F2N2O.ClH/c1-15(2,10-20)14(19-8-6-18-7-9-19)11-4-3-5-12(16)13(11)17;/h3-5,14,18,20H,6-10H2,1-2H3;1H/t14-;/m1./s1. The van der Waals surface area contributed by atoms with Crippen LogP contribution in [0.5, 0.6) is 0 Å². The summed E-state index contributed by atoms with van der Waals surface area (Å²) in [5.41, 5.74) is -0.225. The topological polar surface area (TPSA) is 35.5 Å². The van der Waals surface area contributed by atoms with Crippen LogP contribution in [0.1, 0.15) is 25.5 Å². The summed E-state index contributed by atoms with van der Waals surface area (Å²) in [6.07, 6.45) is 0. The Morgan fingerprint density at radius 3 is 2.48 bits per heavy atom. The molecule has 21 heavy (non-hydrogen) atoms. The summed E-state index contributed by atoms with van der Waals surface area (Å²) in [5.74, 6) is -1.64. The highest BCUT2D eigenvalue weighted by molar-refractivity contribution is 5.85. The molecule has 3 nitrogen and oxygen atoms in total. The van der Waals surface area contributed by atoms with E-state index >= 15 is 0 Å². The summed E-state index contributed by atoms with van der Waals surface area (Å²) >= 11 is 0. The smallest absolute Gasteiger partial charge is 0.163 e. The van der Waals surface area contributed by atoms with Gasteiger partial charge in [0.2, 0.25) is 0 Å². The third-order valence-electron chi connectivity index (χ3n) is 3.94. The summed E-state index contributed by atoms with van der Waals surface area (Å²) in [5, 5.41) is 12.9. The maximum absolute atomic E-state index is 14.2. The maximum atomic E-state index is 14.2. The van der Waals surface area contributed by atoms with Gasteiger partial charge < -0.3 is 10.4 Å². The van der Waals surface area contributed by atoms with Crippen molar-refractivity contribution in [3.05, 3.63) is 35.4 Å². The van der Waals surface area contributed by atoms with Gasteiger partial charge in [0.25, 0.3) is 0 Å². The number of halogens is 3. The first kappa shape index (κ1) is 18.3. The lowest BCUT2D eigenvalue weighted by molar-refractivity contribution is 0.0283. The van der Waals surface area contributed by atoms with Crippen LogP contribution in [0.3, 0.4) is 0 Å². The third-order valence-corrected chi connectivity index (χ3v) is 3.94. The molecule has 1 aromatic carbocycles. The van der Waals surface area contributed by atoms with Crippen LogP contribution in [0.25, 0.3) is 0 Å². The van der Waals surface area contributed by atoms with Gasteiger partial charge in [-0.25, -0.2) is 8.78 Å². The molecule has 0 saturated carbocycles. The largest absolute Gasteiger partial charge is 0.396 e. The van der Waals surface area contributed by atoms with Crippen molar-refractivity contribution in [3.63, 3.8) is 0 Å². The van der Waals surface area contributed by atoms with Crippen LogP contribution in [0, 0.1) is 17.0 Å². The fourth-order valence-electron chi connectivity index (χ4n) is 2.87. The molecule has 0 aromatic heterocycles. The second-order valence-electron chi connectivity index (χ2n) is 5.98. The van der Waals surface area contributed by atoms with E-state index < -0.39 is 17.0 Å². The minimum Gasteiger partial charge on any atom is -0.396 e. The molecule has 0 amide bonds. The zero-order chi connectivity index (χ0) is 14.8. The Morgan fingerprint density at radius 1 is 1.29 bits per heavy atom. The van der Waals surface area contributed by atoms with Crippen molar-refractivity contribution < 1.29 is 13.9 Å². The highest BCUT2D eigenvalue weighted by Gasteiger charge is 2.37. The number of rotatable bonds is 4. The van der Waals surface area contributed by atoms with Crippen LogP contribution >= 0.6 is 12.4 Å². The lowest BCUT2D eigenvalue weighted by Crippen LogP contribution is -2.49. The highest BCUT2D eigenvalue weighted by Crippen LogP contribution is 2.39. The van der Waals surface area contributed by atoms with Crippen molar-refractivity contribution in [1.82, 2.24) is 10.2 Å². The van der Waals surface area contributed by atoms with Crippen LogP contribution in [0.15, 0.2) is 18.2 Å². The highest BCUT2D eigenvalue weighted by atomic mass is 35.5. The number of piperazine rings is 1. The van der Waals surface area contributed by atoms with Crippen LogP contribution < -0.4 is 5.32 Å². The first-order chi connectivity index (χ1) is 9.47. The second-order valence-corrected chi connectivity index (χ2v) is 5.98. The van der Waals surface area contributed by atoms with Gasteiger partial charge >= 0.3 is 0 Å². The van der Waals surface area contributed by atoms with E-state index in [-0.39, 0.29) is 25.1 Å². The van der Waals surface area contributed by atoms with E-state index in [4.69, 9.17) is 0 Å². The fourth-order valence-corrected chi connectivity index (χ4v) is 2.87. The van der Waals surface area contributed by atoms with Crippen molar-refractivity contribution in [2.24, 2.45) is 5.41 Å². The summed E-state index contributed by atoms with van der Waals surface area (Å²) in [4.78, 5) is 2.12. The Hall–Kier alpha value is -0.750. The Morgan fingerprint density at radius 2 is 1.90 bits per heavy atom. The molecule has 0 bridgehead atoms. The molecule has 0 spiro atoms. The molecule has 2 N–H and O–H groups in total. The molecule has 6 heteroatoms. The average molecular weight is 321 g/mol. The predicted octanol–water partition coefficient (Wildman–Crippen LogP) is 2.35. The molecule has 1 aliphatic rings. The van der Waals surface area contributed by atoms with Gasteiger partial charge in [0.05, 0.1) is 0 Å². The van der Waals surface area contributed by atoms with Crippen LogP contribution in [-0.2, 0) is 0 Å². The van der Waals surface area contributed by atoms with Crippen molar-refractivity contribution >= 4 is 12.4 Å². The van der Waals surface area contributed by atoms with Gasteiger partial charge in [0.1, 0.15) is 0 Å². The molecule has 0 aliphatic carbocycles. The molecular weight excluding hydrogens is 298 g/mol. The average Bonchev–Trinajstić information content (AvgIpc) is 2.45. The van der Waals surface area contributed by atoms with Crippen LogP contribution in [0.4, 0.5) is 8.78 Å². The first-order valence-electron chi connectivity index (χ1n) is 6.97. The lowest BCUT2D eigenvalue weighted by atomic mass is 9.79. The van der Waals surface area contributed by atoms with Crippen LogP contribution in [0.2, 0.25) is 0 Å². The number of nitrogens with zero attached hydrogens (tertiary/aromatic N) is 1. The normalized spacial score (nSPS) is 18.1. The Kier molecular flexibility index (Phi) is 6.53. The molecule has 1 heterocycles. The number of hydrogen-bond acceptors (Lipinski definition) is 3. The Bertz CT molecular complexity index is 465. The quantitative estimate of drug-likeness (QED) is 0.894. The molecule has 1 fully saturated rings. The molecule has 1 saturated heterocycles. The Labute approximate surface area is 130 Å². The second kappa shape index (κ2) is 7.49. The molecule has 2 rings (SSSR count). The molecular formula is C15H23ClF2N2O. The van der Waals surface area contributed by atoms with E-state index in [1.165, 1.54) is 6.07 Å². The van der Waals surface area contributed by atoms with Crippen molar-refractivity contribution in [2.45, 2.75) is 19.9 Å². The molecule has 1 aliphatic heterocycles. The molecule has 0 unspecified atom stereocenters. The van der Waals surface area contributed by atoms with Gasteiger partial charge in [-0.15, -0.1) is 12.4 Å². The zero-order valence-corrected chi connectivity index (χ0v) is 13.2. The number of aliphatic hydroxyl groups is 1. The molecule has 120 valence electrons. The van der Waals surface area contributed by atoms with Crippen molar-refractivity contribution in [2.75, 3.05) is 32.8 Å². The number of aliphatic hydroxyl groups excluding tert-OH is 1. The van der Waals surface area contributed by atoms with Gasteiger partial charge in [-0.05, 0) is 6.07 Å². The minimum atomic E-state index is -0.837. The lowest BCUT2D eigenvalue weighted by Gasteiger charge is -2.43. The van der Waals surface area contributed by atoms with Crippen molar-refractivity contribution in [1.29, 1.82) is 0 Å².